The van der Waals surface area contributed by atoms with E-state index in [-0.39, 0.29) is 12.2 Å². The lowest BCUT2D eigenvalue weighted by atomic mass is 10.2. The zero-order chi connectivity index (χ0) is 13.7. The van der Waals surface area contributed by atoms with Crippen LogP contribution in [0, 0.1) is 10.1 Å². The molecule has 1 heterocycles. The van der Waals surface area contributed by atoms with E-state index in [0.717, 1.165) is 12.1 Å². The molecule has 0 spiro atoms. The fourth-order valence-electron chi connectivity index (χ4n) is 1.16. The van der Waals surface area contributed by atoms with Crippen LogP contribution >= 0.6 is 0 Å². The molecule has 1 aromatic rings. The number of carboxylic acids is 1. The number of nitrogens with zero attached hydrogens (tertiary/aromatic N) is 1. The standard InChI is InChI=1S/C9H10N2O7/c12-4-3-5(9(14)15)10-8(13)6-1-2-7(18-6)11(16)17/h1-2,5,12H,3-4H2,(H,10,13)(H,14,15)/t5-/m0/s1. The van der Waals surface area contributed by atoms with E-state index in [0.29, 0.717) is 0 Å². The summed E-state index contributed by atoms with van der Waals surface area (Å²) >= 11 is 0. The van der Waals surface area contributed by atoms with Gasteiger partial charge in [-0.15, -0.1) is 0 Å². The largest absolute Gasteiger partial charge is 0.480 e. The number of rotatable bonds is 6. The van der Waals surface area contributed by atoms with Crippen molar-refractivity contribution < 1.29 is 29.1 Å². The number of carbonyl (C=O) groups excluding carboxylic acids is 1. The van der Waals surface area contributed by atoms with E-state index in [9.17, 15) is 19.7 Å². The highest BCUT2D eigenvalue weighted by Gasteiger charge is 2.23. The van der Waals surface area contributed by atoms with Crippen LogP contribution in [0.4, 0.5) is 5.88 Å². The van der Waals surface area contributed by atoms with Gasteiger partial charge in [-0.3, -0.25) is 14.9 Å². The number of aliphatic carboxylic acids is 1. The molecule has 0 radical (unpaired) electrons. The first kappa shape index (κ1) is 13.6. The van der Waals surface area contributed by atoms with Gasteiger partial charge in [0.25, 0.3) is 5.91 Å². The smallest absolute Gasteiger partial charge is 0.433 e. The normalized spacial score (nSPS) is 11.8. The summed E-state index contributed by atoms with van der Waals surface area (Å²) in [4.78, 5) is 31.7. The van der Waals surface area contributed by atoms with E-state index in [2.05, 4.69) is 9.73 Å². The average molecular weight is 258 g/mol. The van der Waals surface area contributed by atoms with Crippen molar-refractivity contribution in [2.75, 3.05) is 6.61 Å². The van der Waals surface area contributed by atoms with Crippen molar-refractivity contribution in [1.29, 1.82) is 0 Å². The predicted molar refractivity (Wildman–Crippen MR) is 56.0 cm³/mol. The van der Waals surface area contributed by atoms with Gasteiger partial charge < -0.3 is 19.9 Å². The molecule has 3 N–H and O–H groups in total. The van der Waals surface area contributed by atoms with Crippen LogP contribution in [0.15, 0.2) is 16.5 Å². The van der Waals surface area contributed by atoms with Gasteiger partial charge in [-0.25, -0.2) is 4.79 Å². The monoisotopic (exact) mass is 258 g/mol. The van der Waals surface area contributed by atoms with Crippen LogP contribution in [-0.4, -0.2) is 39.7 Å². The van der Waals surface area contributed by atoms with Crippen molar-refractivity contribution in [3.05, 3.63) is 28.0 Å². The van der Waals surface area contributed by atoms with Gasteiger partial charge in [0, 0.05) is 13.0 Å². The summed E-state index contributed by atoms with van der Waals surface area (Å²) in [5.41, 5.74) is 0. The number of hydrogen-bond acceptors (Lipinski definition) is 6. The molecule has 98 valence electrons. The van der Waals surface area contributed by atoms with Crippen molar-refractivity contribution in [2.24, 2.45) is 0 Å². The van der Waals surface area contributed by atoms with Gasteiger partial charge in [0.15, 0.2) is 5.76 Å². The highest BCUT2D eigenvalue weighted by atomic mass is 16.6. The average Bonchev–Trinajstić information content (AvgIpc) is 2.77. The number of carbonyl (C=O) groups is 2. The topological polar surface area (TPSA) is 143 Å². The molecule has 1 rings (SSSR count). The third kappa shape index (κ3) is 3.28. The summed E-state index contributed by atoms with van der Waals surface area (Å²) in [5, 5.41) is 29.7. The maximum Gasteiger partial charge on any atom is 0.433 e. The van der Waals surface area contributed by atoms with E-state index in [4.69, 9.17) is 10.2 Å². The number of carboxylic acid groups (broad SMARTS) is 1. The third-order valence-corrected chi connectivity index (χ3v) is 2.02. The quantitative estimate of drug-likeness (QED) is 0.471. The minimum atomic E-state index is -1.32. The molecule has 1 atom stereocenters. The van der Waals surface area contributed by atoms with Gasteiger partial charge in [0.05, 0.1) is 6.07 Å². The first-order valence-corrected chi connectivity index (χ1v) is 4.84. The summed E-state index contributed by atoms with van der Waals surface area (Å²) in [7, 11) is 0. The van der Waals surface area contributed by atoms with Crippen molar-refractivity contribution in [2.45, 2.75) is 12.5 Å². The van der Waals surface area contributed by atoms with E-state index in [1.165, 1.54) is 0 Å². The molecule has 0 aliphatic rings. The van der Waals surface area contributed by atoms with Crippen molar-refractivity contribution in [3.8, 4) is 0 Å². The number of hydrogen-bond donors (Lipinski definition) is 3. The molecule has 1 amide bonds. The van der Waals surface area contributed by atoms with Crippen molar-refractivity contribution in [3.63, 3.8) is 0 Å². The lowest BCUT2D eigenvalue weighted by Crippen LogP contribution is -2.41. The van der Waals surface area contributed by atoms with E-state index in [1.54, 1.807) is 0 Å². The van der Waals surface area contributed by atoms with E-state index in [1.807, 2.05) is 0 Å². The molecule has 0 saturated carbocycles. The summed E-state index contributed by atoms with van der Waals surface area (Å²) in [6.45, 7) is -0.421. The second kappa shape index (κ2) is 5.77. The van der Waals surface area contributed by atoms with Gasteiger partial charge in [0.1, 0.15) is 11.0 Å². The number of furan rings is 1. The van der Waals surface area contributed by atoms with Crippen LogP contribution in [-0.2, 0) is 4.79 Å². The van der Waals surface area contributed by atoms with Gasteiger partial charge in [-0.2, -0.15) is 0 Å². The zero-order valence-electron chi connectivity index (χ0n) is 9.03. The molecule has 18 heavy (non-hydrogen) atoms. The highest BCUT2D eigenvalue weighted by molar-refractivity contribution is 5.94. The molecule has 9 heteroatoms. The summed E-state index contributed by atoms with van der Waals surface area (Å²) < 4.78 is 4.60. The first-order valence-electron chi connectivity index (χ1n) is 4.84. The fraction of sp³-hybridized carbons (Fsp3) is 0.333. The molecule has 0 aliphatic heterocycles. The maximum absolute atomic E-state index is 11.5. The lowest BCUT2D eigenvalue weighted by molar-refractivity contribution is -0.402. The summed E-state index contributed by atoms with van der Waals surface area (Å²) in [5.74, 6) is -3.21. The summed E-state index contributed by atoms with van der Waals surface area (Å²) in [6, 6.07) is 0.758. The Balaban J connectivity index is 2.74. The molecule has 0 bridgehead atoms. The van der Waals surface area contributed by atoms with Crippen LogP contribution in [0.5, 0.6) is 0 Å². The molecule has 0 aliphatic carbocycles. The summed E-state index contributed by atoms with van der Waals surface area (Å²) in [6.07, 6.45) is -0.177. The number of aliphatic hydroxyl groups excluding tert-OH is 1. The second-order valence-electron chi connectivity index (χ2n) is 3.27. The van der Waals surface area contributed by atoms with Crippen LogP contribution in [0.2, 0.25) is 0 Å². The van der Waals surface area contributed by atoms with Crippen LogP contribution in [0.1, 0.15) is 17.0 Å². The Morgan fingerprint density at radius 2 is 2.17 bits per heavy atom. The molecular formula is C9H10N2O7. The van der Waals surface area contributed by atoms with Crippen molar-refractivity contribution in [1.82, 2.24) is 5.32 Å². The molecule has 1 aromatic heterocycles. The molecule has 0 aromatic carbocycles. The number of aliphatic hydroxyl groups is 1. The Morgan fingerprint density at radius 3 is 2.61 bits per heavy atom. The highest BCUT2D eigenvalue weighted by Crippen LogP contribution is 2.15. The molecule has 0 fully saturated rings. The Hall–Kier alpha value is -2.42. The molecule has 9 nitrogen and oxygen atoms in total. The Morgan fingerprint density at radius 1 is 1.50 bits per heavy atom. The van der Waals surface area contributed by atoms with Gasteiger partial charge in [-0.1, -0.05) is 0 Å². The third-order valence-electron chi connectivity index (χ3n) is 2.02. The number of amides is 1. The Labute approximate surface area is 100 Å². The second-order valence-corrected chi connectivity index (χ2v) is 3.27. The zero-order valence-corrected chi connectivity index (χ0v) is 9.03. The van der Waals surface area contributed by atoms with Crippen molar-refractivity contribution >= 4 is 17.8 Å². The van der Waals surface area contributed by atoms with Crippen LogP contribution < -0.4 is 5.32 Å². The van der Waals surface area contributed by atoms with E-state index >= 15 is 0 Å². The maximum atomic E-state index is 11.5. The number of nitrogens with one attached hydrogen (secondary N) is 1. The Bertz CT molecular complexity index is 467. The first-order chi connectivity index (χ1) is 8.45. The SMILES string of the molecule is O=C(N[C@@H](CCO)C(=O)O)c1ccc([N+](=O)[O-])o1. The molecule has 0 unspecified atom stereocenters. The minimum absolute atomic E-state index is 0.177. The minimum Gasteiger partial charge on any atom is -0.480 e. The van der Waals surface area contributed by atoms with E-state index < -0.39 is 35.3 Å². The molecule has 0 saturated heterocycles. The van der Waals surface area contributed by atoms with Crippen LogP contribution in [0.3, 0.4) is 0 Å². The van der Waals surface area contributed by atoms with Gasteiger partial charge in [-0.05, 0) is 6.07 Å². The number of nitro groups is 1. The van der Waals surface area contributed by atoms with Crippen LogP contribution in [0.25, 0.3) is 0 Å². The lowest BCUT2D eigenvalue weighted by Gasteiger charge is -2.11. The van der Waals surface area contributed by atoms with Gasteiger partial charge >= 0.3 is 11.9 Å². The van der Waals surface area contributed by atoms with Gasteiger partial charge in [0.2, 0.25) is 0 Å². The predicted octanol–water partition coefficient (Wildman–Crippen LogP) is -0.247. The Kier molecular flexibility index (Phi) is 4.38. The fourth-order valence-corrected chi connectivity index (χ4v) is 1.16. The molecular weight excluding hydrogens is 248 g/mol.